The average molecular weight is 294 g/mol. The molecule has 1 nitrogen and oxygen atoms in total. The Morgan fingerprint density at radius 2 is 2.00 bits per heavy atom. The zero-order valence-corrected chi connectivity index (χ0v) is 11.1. The van der Waals surface area contributed by atoms with Crippen molar-refractivity contribution in [2.24, 2.45) is 0 Å². The molecule has 2 aromatic rings. The van der Waals surface area contributed by atoms with Crippen molar-refractivity contribution in [1.29, 1.82) is 0 Å². The fraction of sp³-hybridized carbons (Fsp3) is 0.143. The third kappa shape index (κ3) is 2.93. The van der Waals surface area contributed by atoms with Crippen molar-refractivity contribution in [3.8, 4) is 11.1 Å². The molecule has 0 spiro atoms. The second kappa shape index (κ2) is 5.43. The largest absolute Gasteiger partial charge is 0.316 e. The molecule has 17 heavy (non-hydrogen) atoms. The third-order valence-electron chi connectivity index (χ3n) is 2.55. The predicted molar refractivity (Wildman–Crippen MR) is 72.3 cm³/mol. The van der Waals surface area contributed by atoms with Crippen LogP contribution in [0.1, 0.15) is 5.56 Å². The van der Waals surface area contributed by atoms with Gasteiger partial charge in [-0.3, -0.25) is 0 Å². The van der Waals surface area contributed by atoms with Crippen molar-refractivity contribution >= 4 is 15.9 Å². The molecule has 0 heterocycles. The molecule has 0 unspecified atom stereocenters. The molecule has 0 aliphatic carbocycles. The minimum Gasteiger partial charge on any atom is -0.316 e. The van der Waals surface area contributed by atoms with E-state index in [0.29, 0.717) is 12.1 Å². The fourth-order valence-corrected chi connectivity index (χ4v) is 2.16. The SMILES string of the molecule is CNCc1ccc(-c2cccc(Br)c2)c(F)c1. The number of hydrogen-bond donors (Lipinski definition) is 1. The zero-order valence-electron chi connectivity index (χ0n) is 9.50. The fourth-order valence-electron chi connectivity index (χ4n) is 1.76. The molecule has 2 rings (SSSR count). The molecule has 0 amide bonds. The van der Waals surface area contributed by atoms with Gasteiger partial charge in [0.05, 0.1) is 0 Å². The summed E-state index contributed by atoms with van der Waals surface area (Å²) < 4.78 is 14.9. The van der Waals surface area contributed by atoms with Crippen LogP contribution in [-0.2, 0) is 6.54 Å². The van der Waals surface area contributed by atoms with Crippen LogP contribution < -0.4 is 5.32 Å². The van der Waals surface area contributed by atoms with E-state index in [4.69, 9.17) is 0 Å². The molecule has 3 heteroatoms. The van der Waals surface area contributed by atoms with Crippen LogP contribution in [0.2, 0.25) is 0 Å². The van der Waals surface area contributed by atoms with Gasteiger partial charge in [-0.2, -0.15) is 0 Å². The Morgan fingerprint density at radius 1 is 1.18 bits per heavy atom. The highest BCUT2D eigenvalue weighted by molar-refractivity contribution is 9.10. The Labute approximate surface area is 109 Å². The Balaban J connectivity index is 2.39. The standard InChI is InChI=1S/C14H13BrFN/c1-17-9-10-5-6-13(14(16)7-10)11-3-2-4-12(15)8-11/h2-8,17H,9H2,1H3. The van der Waals surface area contributed by atoms with Crippen LogP contribution in [0.4, 0.5) is 4.39 Å². The highest BCUT2D eigenvalue weighted by Crippen LogP contribution is 2.26. The molecule has 0 aliphatic heterocycles. The predicted octanol–water partition coefficient (Wildman–Crippen LogP) is 3.97. The van der Waals surface area contributed by atoms with E-state index >= 15 is 0 Å². The molecule has 2 aromatic carbocycles. The maximum absolute atomic E-state index is 13.9. The first-order chi connectivity index (χ1) is 8.20. The van der Waals surface area contributed by atoms with Crippen LogP contribution in [0.3, 0.4) is 0 Å². The van der Waals surface area contributed by atoms with E-state index < -0.39 is 0 Å². The number of benzene rings is 2. The Kier molecular flexibility index (Phi) is 3.92. The molecule has 0 bridgehead atoms. The highest BCUT2D eigenvalue weighted by Gasteiger charge is 2.06. The molecule has 1 N–H and O–H groups in total. The summed E-state index contributed by atoms with van der Waals surface area (Å²) in [6.45, 7) is 0.676. The van der Waals surface area contributed by atoms with Gasteiger partial charge in [0.2, 0.25) is 0 Å². The molecule has 0 aliphatic rings. The van der Waals surface area contributed by atoms with E-state index in [1.165, 1.54) is 0 Å². The first-order valence-corrected chi connectivity index (χ1v) is 6.19. The minimum atomic E-state index is -0.184. The van der Waals surface area contributed by atoms with E-state index in [-0.39, 0.29) is 5.82 Å². The maximum atomic E-state index is 13.9. The van der Waals surface area contributed by atoms with Gasteiger partial charge in [0.15, 0.2) is 0 Å². The van der Waals surface area contributed by atoms with Gasteiger partial charge in [0, 0.05) is 16.6 Å². The van der Waals surface area contributed by atoms with Gasteiger partial charge in [-0.1, -0.05) is 40.2 Å². The molecule has 0 fully saturated rings. The summed E-state index contributed by atoms with van der Waals surface area (Å²) in [7, 11) is 1.85. The van der Waals surface area contributed by atoms with Crippen molar-refractivity contribution in [3.05, 3.63) is 58.3 Å². The van der Waals surface area contributed by atoms with Gasteiger partial charge in [-0.25, -0.2) is 4.39 Å². The second-order valence-electron chi connectivity index (χ2n) is 3.85. The molecular weight excluding hydrogens is 281 g/mol. The van der Waals surface area contributed by atoms with Gasteiger partial charge in [0.25, 0.3) is 0 Å². The second-order valence-corrected chi connectivity index (χ2v) is 4.77. The zero-order chi connectivity index (χ0) is 12.3. The van der Waals surface area contributed by atoms with E-state index in [1.807, 2.05) is 43.4 Å². The van der Waals surface area contributed by atoms with Crippen LogP contribution in [0.5, 0.6) is 0 Å². The Hall–Kier alpha value is -1.19. The van der Waals surface area contributed by atoms with E-state index in [0.717, 1.165) is 15.6 Å². The van der Waals surface area contributed by atoms with Crippen molar-refractivity contribution in [3.63, 3.8) is 0 Å². The Morgan fingerprint density at radius 3 is 2.65 bits per heavy atom. The quantitative estimate of drug-likeness (QED) is 0.903. The van der Waals surface area contributed by atoms with Gasteiger partial charge < -0.3 is 5.32 Å². The molecule has 0 saturated carbocycles. The molecule has 88 valence electrons. The topological polar surface area (TPSA) is 12.0 Å². The van der Waals surface area contributed by atoms with Crippen LogP contribution in [0.25, 0.3) is 11.1 Å². The lowest BCUT2D eigenvalue weighted by Crippen LogP contribution is -2.05. The van der Waals surface area contributed by atoms with Crippen LogP contribution in [0, 0.1) is 5.82 Å². The summed E-state index contributed by atoms with van der Waals surface area (Å²) >= 11 is 3.39. The molecular formula is C14H13BrFN. The summed E-state index contributed by atoms with van der Waals surface area (Å²) in [5, 5.41) is 3.01. The van der Waals surface area contributed by atoms with Gasteiger partial charge in [0.1, 0.15) is 5.82 Å². The van der Waals surface area contributed by atoms with Crippen LogP contribution in [0.15, 0.2) is 46.9 Å². The van der Waals surface area contributed by atoms with E-state index in [2.05, 4.69) is 21.2 Å². The highest BCUT2D eigenvalue weighted by atomic mass is 79.9. The van der Waals surface area contributed by atoms with Crippen molar-refractivity contribution in [2.45, 2.75) is 6.54 Å². The van der Waals surface area contributed by atoms with Gasteiger partial charge >= 0.3 is 0 Å². The monoisotopic (exact) mass is 293 g/mol. The normalized spacial score (nSPS) is 10.5. The van der Waals surface area contributed by atoms with Gasteiger partial charge in [-0.15, -0.1) is 0 Å². The maximum Gasteiger partial charge on any atom is 0.131 e. The lowest BCUT2D eigenvalue weighted by atomic mass is 10.0. The van der Waals surface area contributed by atoms with E-state index in [9.17, 15) is 4.39 Å². The smallest absolute Gasteiger partial charge is 0.131 e. The molecule has 0 atom stereocenters. The molecule has 0 saturated heterocycles. The first-order valence-electron chi connectivity index (χ1n) is 5.39. The average Bonchev–Trinajstić information content (AvgIpc) is 2.29. The summed E-state index contributed by atoms with van der Waals surface area (Å²) in [5.74, 6) is -0.184. The number of nitrogens with one attached hydrogen (secondary N) is 1. The Bertz CT molecular complexity index is 525. The first kappa shape index (κ1) is 12.3. The van der Waals surface area contributed by atoms with Crippen molar-refractivity contribution < 1.29 is 4.39 Å². The number of hydrogen-bond acceptors (Lipinski definition) is 1. The minimum absolute atomic E-state index is 0.184. The number of rotatable bonds is 3. The lowest BCUT2D eigenvalue weighted by Gasteiger charge is -2.06. The molecule has 0 aromatic heterocycles. The summed E-state index contributed by atoms with van der Waals surface area (Å²) in [6, 6.07) is 13.0. The number of halogens is 2. The van der Waals surface area contributed by atoms with Crippen LogP contribution in [-0.4, -0.2) is 7.05 Å². The lowest BCUT2D eigenvalue weighted by molar-refractivity contribution is 0.627. The van der Waals surface area contributed by atoms with Crippen molar-refractivity contribution in [1.82, 2.24) is 5.32 Å². The van der Waals surface area contributed by atoms with Gasteiger partial charge in [-0.05, 0) is 36.4 Å². The molecule has 0 radical (unpaired) electrons. The summed E-state index contributed by atoms with van der Waals surface area (Å²) in [4.78, 5) is 0. The third-order valence-corrected chi connectivity index (χ3v) is 3.04. The van der Waals surface area contributed by atoms with Crippen molar-refractivity contribution in [2.75, 3.05) is 7.05 Å². The summed E-state index contributed by atoms with van der Waals surface area (Å²) in [6.07, 6.45) is 0. The summed E-state index contributed by atoms with van der Waals surface area (Å²) in [5.41, 5.74) is 2.46. The van der Waals surface area contributed by atoms with Crippen LogP contribution >= 0.6 is 15.9 Å². The van der Waals surface area contributed by atoms with E-state index in [1.54, 1.807) is 6.07 Å².